The third kappa shape index (κ3) is 6.65. The maximum atomic E-state index is 14.3. The van der Waals surface area contributed by atoms with E-state index in [0.717, 1.165) is 0 Å². The fraction of sp³-hybridized carbons (Fsp3) is 0.467. The van der Waals surface area contributed by atoms with Crippen LogP contribution in [0.5, 0.6) is 0 Å². The average Bonchev–Trinajstić information content (AvgIpc) is 2.96. The summed E-state index contributed by atoms with van der Waals surface area (Å²) in [7, 11) is 0. The van der Waals surface area contributed by atoms with Gasteiger partial charge in [-0.2, -0.15) is 5.26 Å². The van der Waals surface area contributed by atoms with Crippen LogP contribution in [0.25, 0.3) is 0 Å². The van der Waals surface area contributed by atoms with E-state index in [1.807, 2.05) is 4.90 Å². The Morgan fingerprint density at radius 1 is 1.30 bits per heavy atom. The van der Waals surface area contributed by atoms with Crippen molar-refractivity contribution >= 4 is 41.0 Å². The summed E-state index contributed by atoms with van der Waals surface area (Å²) in [4.78, 5) is 63.9. The Hall–Kier alpha value is -4.57. The van der Waals surface area contributed by atoms with E-state index in [1.165, 1.54) is 29.2 Å². The molecule has 0 saturated carbocycles. The number of nitro benzene ring substituents is 1. The molecule has 44 heavy (non-hydrogen) atoms. The van der Waals surface area contributed by atoms with Gasteiger partial charge in [0.25, 0.3) is 5.69 Å². The number of para-hydroxylation sites is 1. The number of carbonyl (C=O) groups is 3. The first-order chi connectivity index (χ1) is 20.8. The van der Waals surface area contributed by atoms with Gasteiger partial charge in [0.1, 0.15) is 29.1 Å². The van der Waals surface area contributed by atoms with Crippen molar-refractivity contribution in [2.75, 3.05) is 31.1 Å². The molecule has 1 saturated heterocycles. The van der Waals surface area contributed by atoms with Crippen LogP contribution in [0.15, 0.2) is 36.9 Å². The Kier molecular flexibility index (Phi) is 9.53. The molecule has 2 atom stereocenters. The molecular weight excluding hydrogens is 592 g/mol. The van der Waals surface area contributed by atoms with E-state index in [9.17, 15) is 29.8 Å². The second kappa shape index (κ2) is 13.0. The van der Waals surface area contributed by atoms with Gasteiger partial charge in [-0.05, 0) is 45.2 Å². The zero-order valence-corrected chi connectivity index (χ0v) is 25.5. The lowest BCUT2D eigenvalue weighted by Crippen LogP contribution is -2.56. The summed E-state index contributed by atoms with van der Waals surface area (Å²) in [6.07, 6.45) is 0.708. The number of piperazine rings is 1. The van der Waals surface area contributed by atoms with Gasteiger partial charge in [-0.15, -0.1) is 0 Å². The van der Waals surface area contributed by atoms with Gasteiger partial charge >= 0.3 is 12.1 Å². The number of carbonyl (C=O) groups excluding carboxylic acids is 3. The highest BCUT2D eigenvalue weighted by molar-refractivity contribution is 6.28. The molecule has 1 aromatic carbocycles. The Morgan fingerprint density at radius 2 is 2.02 bits per heavy atom. The largest absolute Gasteiger partial charge is 0.461 e. The van der Waals surface area contributed by atoms with Gasteiger partial charge in [0.2, 0.25) is 5.28 Å². The summed E-state index contributed by atoms with van der Waals surface area (Å²) in [5.41, 5.74) is -2.18. The average molecular weight is 625 g/mol. The second-order valence-electron chi connectivity index (χ2n) is 11.6. The minimum atomic E-state index is -1.81. The highest BCUT2D eigenvalue weighted by Crippen LogP contribution is 2.43. The Bertz CT molecular complexity index is 1530. The number of anilines is 1. The number of halogens is 1. The topological polar surface area (TPSA) is 169 Å². The van der Waals surface area contributed by atoms with Crippen LogP contribution in [-0.4, -0.2) is 75.5 Å². The van der Waals surface area contributed by atoms with E-state index in [-0.39, 0.29) is 67.6 Å². The molecule has 2 aliphatic rings. The molecule has 2 unspecified atom stereocenters. The third-order valence-electron chi connectivity index (χ3n) is 7.55. The number of esters is 1. The lowest BCUT2D eigenvalue weighted by atomic mass is 9.68. The molecule has 0 bridgehead atoms. The van der Waals surface area contributed by atoms with E-state index in [1.54, 1.807) is 26.8 Å². The molecule has 2 aromatic rings. The van der Waals surface area contributed by atoms with Crippen LogP contribution in [-0.2, 0) is 27.1 Å². The smallest absolute Gasteiger partial charge is 0.410 e. The second-order valence-corrected chi connectivity index (χ2v) is 12.0. The number of Topliss-reactive ketones (excluding diaryl/α,β-unsaturated/α-hetero) is 1. The van der Waals surface area contributed by atoms with Gasteiger partial charge < -0.3 is 19.3 Å². The van der Waals surface area contributed by atoms with E-state index in [2.05, 4.69) is 22.6 Å². The van der Waals surface area contributed by atoms with E-state index in [0.29, 0.717) is 17.9 Å². The third-order valence-corrected chi connectivity index (χ3v) is 7.72. The number of rotatable bonds is 8. The minimum absolute atomic E-state index is 0.0294. The van der Waals surface area contributed by atoms with Gasteiger partial charge in [0.15, 0.2) is 5.78 Å². The number of nitrogens with zero attached hydrogens (tertiary/aromatic N) is 6. The molecule has 232 valence electrons. The Morgan fingerprint density at radius 3 is 2.68 bits per heavy atom. The number of hydrogen-bond acceptors (Lipinski definition) is 11. The lowest BCUT2D eigenvalue weighted by molar-refractivity contribution is -0.385. The number of benzene rings is 1. The van der Waals surface area contributed by atoms with Crippen molar-refractivity contribution in [2.24, 2.45) is 5.41 Å². The summed E-state index contributed by atoms with van der Waals surface area (Å²) in [6, 6.07) is 7.50. The Labute approximate surface area is 259 Å². The first-order valence-electron chi connectivity index (χ1n) is 14.0. The maximum absolute atomic E-state index is 14.3. The van der Waals surface area contributed by atoms with Crippen molar-refractivity contribution in [3.63, 3.8) is 0 Å². The predicted molar refractivity (Wildman–Crippen MR) is 159 cm³/mol. The van der Waals surface area contributed by atoms with E-state index < -0.39 is 39.8 Å². The number of nitro groups is 1. The van der Waals surface area contributed by atoms with Crippen LogP contribution < -0.4 is 4.90 Å². The van der Waals surface area contributed by atoms with Crippen LogP contribution in [0.4, 0.5) is 16.3 Å². The summed E-state index contributed by atoms with van der Waals surface area (Å²) < 4.78 is 10.9. The standard InChI is InChI=1S/C30H33ClN6O7/c1-5-16-43-26(39)30(17-19-8-6-7-9-22(19)37(41)42)12-10-21-23(24(30)38)33-27(31)34-25(21)35-14-15-36(20(18-35)11-13-32)28(40)44-29(2,3)4/h5-9,20H,1,10-12,14-18H2,2-4H3. The SMILES string of the molecule is C=CCOC(=O)C1(Cc2ccccc2[N+](=O)[O-])CCc2c(nc(Cl)nc2N2CCN(C(=O)OC(C)(C)C)C(CC#N)C2)C1=O. The van der Waals surface area contributed by atoms with Crippen molar-refractivity contribution in [1.29, 1.82) is 5.26 Å². The van der Waals surface area contributed by atoms with Gasteiger partial charge in [-0.25, -0.2) is 14.8 Å². The number of ether oxygens (including phenoxy) is 2. The van der Waals surface area contributed by atoms with E-state index in [4.69, 9.17) is 21.1 Å². The molecular formula is C30H33ClN6O7. The number of nitriles is 1. The quantitative estimate of drug-likeness (QED) is 0.101. The molecule has 4 rings (SSSR count). The maximum Gasteiger partial charge on any atom is 0.410 e. The Balaban J connectivity index is 1.72. The van der Waals surface area contributed by atoms with Gasteiger partial charge in [-0.3, -0.25) is 19.7 Å². The minimum Gasteiger partial charge on any atom is -0.461 e. The molecule has 1 fully saturated rings. The predicted octanol–water partition coefficient (Wildman–Crippen LogP) is 4.46. The van der Waals surface area contributed by atoms with Crippen molar-refractivity contribution in [1.82, 2.24) is 14.9 Å². The van der Waals surface area contributed by atoms with Crippen LogP contribution in [0.2, 0.25) is 5.28 Å². The van der Waals surface area contributed by atoms with Crippen LogP contribution in [0.3, 0.4) is 0 Å². The fourth-order valence-electron chi connectivity index (χ4n) is 5.56. The molecule has 1 aliphatic heterocycles. The fourth-order valence-corrected chi connectivity index (χ4v) is 5.73. The molecule has 14 heteroatoms. The van der Waals surface area contributed by atoms with Crippen LogP contribution in [0, 0.1) is 26.9 Å². The van der Waals surface area contributed by atoms with Gasteiger partial charge in [0.05, 0.1) is 23.5 Å². The highest BCUT2D eigenvalue weighted by atomic mass is 35.5. The van der Waals surface area contributed by atoms with Crippen molar-refractivity contribution < 1.29 is 28.8 Å². The summed E-state index contributed by atoms with van der Waals surface area (Å²) >= 11 is 6.34. The molecule has 2 heterocycles. The van der Waals surface area contributed by atoms with Crippen molar-refractivity contribution in [2.45, 2.75) is 58.1 Å². The first kappa shape index (κ1) is 32.3. The molecule has 0 N–H and O–H groups in total. The first-order valence-corrected chi connectivity index (χ1v) is 14.4. The highest BCUT2D eigenvalue weighted by Gasteiger charge is 2.53. The summed E-state index contributed by atoms with van der Waals surface area (Å²) in [5.74, 6) is -1.17. The number of ketones is 1. The van der Waals surface area contributed by atoms with E-state index >= 15 is 0 Å². The van der Waals surface area contributed by atoms with Crippen molar-refractivity contribution in [3.8, 4) is 6.07 Å². The molecule has 13 nitrogen and oxygen atoms in total. The van der Waals surface area contributed by atoms with Crippen LogP contribution in [0.1, 0.15) is 55.2 Å². The summed E-state index contributed by atoms with van der Waals surface area (Å²) in [5, 5.41) is 21.0. The van der Waals surface area contributed by atoms with Crippen molar-refractivity contribution in [3.05, 3.63) is 69.1 Å². The monoisotopic (exact) mass is 624 g/mol. The molecule has 0 radical (unpaired) electrons. The molecule has 0 spiro atoms. The number of amides is 1. The number of fused-ring (bicyclic) bond motifs is 1. The zero-order valence-electron chi connectivity index (χ0n) is 24.7. The zero-order chi connectivity index (χ0) is 32.2. The summed E-state index contributed by atoms with van der Waals surface area (Å²) in [6.45, 7) is 9.42. The normalized spacial score (nSPS) is 19.9. The van der Waals surface area contributed by atoms with Crippen LogP contribution >= 0.6 is 11.6 Å². The molecule has 1 amide bonds. The molecule has 1 aromatic heterocycles. The lowest BCUT2D eigenvalue weighted by Gasteiger charge is -2.42. The molecule has 1 aliphatic carbocycles. The van der Waals surface area contributed by atoms with Gasteiger partial charge in [0, 0.05) is 43.2 Å². The number of hydrogen-bond donors (Lipinski definition) is 0. The van der Waals surface area contributed by atoms with Gasteiger partial charge in [-0.1, -0.05) is 30.9 Å². The number of aromatic nitrogens is 2.